The smallest absolute Gasteiger partial charge is 0.232 e. The van der Waals surface area contributed by atoms with E-state index >= 15 is 0 Å². The van der Waals surface area contributed by atoms with Crippen LogP contribution in [0.15, 0.2) is 60.7 Å². The average molecular weight is 442 g/mol. The third-order valence-corrected chi connectivity index (χ3v) is 4.78. The fraction of sp³-hybridized carbons (Fsp3) is 0. The average Bonchev–Trinajstić information content (AvgIpc) is 2.71. The highest BCUT2D eigenvalue weighted by atomic mass is 35.5. The molecule has 1 N–H and O–H groups in total. The second kappa shape index (κ2) is 8.14. The molecule has 0 spiro atoms. The van der Waals surface area contributed by atoms with Gasteiger partial charge in [0.15, 0.2) is 5.75 Å². The van der Waals surface area contributed by atoms with Crippen molar-refractivity contribution in [3.8, 4) is 17.7 Å². The topological polar surface area (TPSA) is 70.8 Å². The van der Waals surface area contributed by atoms with Gasteiger partial charge < -0.3 is 10.1 Å². The maximum atomic E-state index is 8.93. The van der Waals surface area contributed by atoms with Crippen molar-refractivity contribution in [3.05, 3.63) is 81.3 Å². The van der Waals surface area contributed by atoms with E-state index in [0.717, 1.165) is 5.69 Å². The number of aromatic nitrogens is 2. The van der Waals surface area contributed by atoms with E-state index in [-0.39, 0.29) is 21.7 Å². The lowest BCUT2D eigenvalue weighted by Crippen LogP contribution is -2.00. The van der Waals surface area contributed by atoms with Crippen molar-refractivity contribution < 1.29 is 4.74 Å². The number of nitrogens with one attached hydrogen (secondary N) is 1. The molecule has 0 saturated heterocycles. The molecule has 5 nitrogen and oxygen atoms in total. The van der Waals surface area contributed by atoms with Crippen LogP contribution in [0, 0.1) is 11.3 Å². The molecule has 0 fully saturated rings. The molecule has 0 saturated carbocycles. The Hall–Kier alpha value is -3.04. The molecule has 0 aliphatic carbocycles. The molecule has 0 radical (unpaired) electrons. The van der Waals surface area contributed by atoms with Crippen molar-refractivity contribution in [2.75, 3.05) is 5.32 Å². The molecule has 0 bridgehead atoms. The van der Waals surface area contributed by atoms with Gasteiger partial charge in [0.1, 0.15) is 0 Å². The van der Waals surface area contributed by atoms with Crippen LogP contribution in [0.5, 0.6) is 11.6 Å². The van der Waals surface area contributed by atoms with E-state index in [0.29, 0.717) is 27.4 Å². The zero-order valence-electron chi connectivity index (χ0n) is 14.7. The van der Waals surface area contributed by atoms with Crippen LogP contribution >= 0.6 is 34.8 Å². The summed E-state index contributed by atoms with van der Waals surface area (Å²) in [6.07, 6.45) is 0. The van der Waals surface area contributed by atoms with Crippen molar-refractivity contribution >= 4 is 57.3 Å². The molecule has 29 heavy (non-hydrogen) atoms. The number of para-hydroxylation sites is 1. The Morgan fingerprint density at radius 2 is 1.59 bits per heavy atom. The first-order valence-electron chi connectivity index (χ1n) is 8.40. The summed E-state index contributed by atoms with van der Waals surface area (Å²) in [6, 6.07) is 19.5. The number of anilines is 2. The van der Waals surface area contributed by atoms with Gasteiger partial charge in [-0.3, -0.25) is 0 Å². The summed E-state index contributed by atoms with van der Waals surface area (Å²) in [5.74, 6) is 0.869. The quantitative estimate of drug-likeness (QED) is 0.369. The largest absolute Gasteiger partial charge is 0.435 e. The van der Waals surface area contributed by atoms with E-state index in [4.69, 9.17) is 44.8 Å². The molecule has 0 atom stereocenters. The maximum absolute atomic E-state index is 8.93. The van der Waals surface area contributed by atoms with Crippen molar-refractivity contribution in [1.29, 1.82) is 5.26 Å². The Morgan fingerprint density at radius 3 is 2.28 bits per heavy atom. The lowest BCUT2D eigenvalue weighted by molar-refractivity contribution is 0.469. The summed E-state index contributed by atoms with van der Waals surface area (Å²) >= 11 is 18.5. The van der Waals surface area contributed by atoms with Gasteiger partial charge in [-0.2, -0.15) is 10.2 Å². The normalized spacial score (nSPS) is 10.6. The van der Waals surface area contributed by atoms with Crippen molar-refractivity contribution in [3.63, 3.8) is 0 Å². The van der Waals surface area contributed by atoms with Crippen molar-refractivity contribution in [1.82, 2.24) is 9.97 Å². The van der Waals surface area contributed by atoms with E-state index in [1.54, 1.807) is 36.4 Å². The predicted octanol–water partition coefficient (Wildman–Crippen LogP) is 7.00. The van der Waals surface area contributed by atoms with Crippen LogP contribution in [0.3, 0.4) is 0 Å². The second-order valence-electron chi connectivity index (χ2n) is 5.98. The first-order valence-corrected chi connectivity index (χ1v) is 9.53. The molecule has 142 valence electrons. The van der Waals surface area contributed by atoms with Gasteiger partial charge in [-0.15, -0.1) is 0 Å². The van der Waals surface area contributed by atoms with Gasteiger partial charge in [0.05, 0.1) is 32.6 Å². The van der Waals surface area contributed by atoms with Crippen LogP contribution in [-0.2, 0) is 0 Å². The summed E-state index contributed by atoms with van der Waals surface area (Å²) in [7, 11) is 0. The summed E-state index contributed by atoms with van der Waals surface area (Å²) in [6.45, 7) is 0. The summed E-state index contributed by atoms with van der Waals surface area (Å²) in [4.78, 5) is 9.00. The van der Waals surface area contributed by atoms with E-state index < -0.39 is 0 Å². The molecule has 0 aliphatic heterocycles. The van der Waals surface area contributed by atoms with E-state index in [1.807, 2.05) is 24.3 Å². The highest BCUT2D eigenvalue weighted by molar-refractivity contribution is 6.40. The Balaban J connectivity index is 1.76. The van der Waals surface area contributed by atoms with Crippen LogP contribution in [-0.4, -0.2) is 9.97 Å². The lowest BCUT2D eigenvalue weighted by atomic mass is 10.2. The lowest BCUT2D eigenvalue weighted by Gasteiger charge is -2.13. The summed E-state index contributed by atoms with van der Waals surface area (Å²) in [5.41, 5.74) is 1.97. The second-order valence-corrected chi connectivity index (χ2v) is 7.24. The first kappa shape index (κ1) is 19.3. The third kappa shape index (κ3) is 4.20. The minimum atomic E-state index is 0.255. The number of hydrogen-bond donors (Lipinski definition) is 1. The molecule has 8 heteroatoms. The number of rotatable bonds is 4. The highest BCUT2D eigenvalue weighted by Gasteiger charge is 2.15. The van der Waals surface area contributed by atoms with Gasteiger partial charge in [-0.05, 0) is 48.5 Å². The maximum Gasteiger partial charge on any atom is 0.232 e. The van der Waals surface area contributed by atoms with Gasteiger partial charge in [0.25, 0.3) is 0 Å². The highest BCUT2D eigenvalue weighted by Crippen LogP contribution is 2.40. The standard InChI is InChI=1S/C21H11Cl3N4O/c22-13-9-16(23)19(17(24)10-13)29-20-15-3-1-2-4-18(15)27-21(28-20)26-14-7-5-12(11-25)6-8-14/h1-10H,(H,26,27,28). The molecular formula is C21H11Cl3N4O. The van der Waals surface area contributed by atoms with Crippen molar-refractivity contribution in [2.45, 2.75) is 0 Å². The number of nitrogens with zero attached hydrogens (tertiary/aromatic N) is 3. The van der Waals surface area contributed by atoms with Crippen LogP contribution in [0.1, 0.15) is 5.56 Å². The van der Waals surface area contributed by atoms with Crippen molar-refractivity contribution in [2.24, 2.45) is 0 Å². The van der Waals surface area contributed by atoms with E-state index in [9.17, 15) is 0 Å². The number of benzene rings is 3. The van der Waals surface area contributed by atoms with Gasteiger partial charge >= 0.3 is 0 Å². The number of ether oxygens (including phenoxy) is 1. The molecule has 3 aromatic carbocycles. The molecule has 0 aliphatic rings. The van der Waals surface area contributed by atoms with Gasteiger partial charge in [0.2, 0.25) is 11.8 Å². The molecule has 0 amide bonds. The minimum absolute atomic E-state index is 0.255. The van der Waals surface area contributed by atoms with Crippen LogP contribution in [0.25, 0.3) is 10.9 Å². The van der Waals surface area contributed by atoms with Crippen LogP contribution in [0.2, 0.25) is 15.1 Å². The molecule has 0 unspecified atom stereocenters. The Kier molecular flexibility index (Phi) is 5.41. The summed E-state index contributed by atoms with van der Waals surface area (Å²) < 4.78 is 5.97. The van der Waals surface area contributed by atoms with Crippen LogP contribution in [0.4, 0.5) is 11.6 Å². The van der Waals surface area contributed by atoms with Gasteiger partial charge in [0, 0.05) is 10.7 Å². The Labute approximate surface area is 181 Å². The SMILES string of the molecule is N#Cc1ccc(Nc2nc(Oc3c(Cl)cc(Cl)cc3Cl)c3ccccc3n2)cc1. The molecule has 4 rings (SSSR count). The summed E-state index contributed by atoms with van der Waals surface area (Å²) in [5, 5.41) is 13.7. The molecule has 1 heterocycles. The number of nitriles is 1. The minimum Gasteiger partial charge on any atom is -0.435 e. The fourth-order valence-corrected chi connectivity index (χ4v) is 3.56. The molecule has 4 aromatic rings. The predicted molar refractivity (Wildman–Crippen MR) is 116 cm³/mol. The fourth-order valence-electron chi connectivity index (χ4n) is 2.66. The zero-order valence-corrected chi connectivity index (χ0v) is 16.9. The third-order valence-electron chi connectivity index (χ3n) is 4.00. The molecular weight excluding hydrogens is 431 g/mol. The van der Waals surface area contributed by atoms with Gasteiger partial charge in [-0.25, -0.2) is 4.98 Å². The monoisotopic (exact) mass is 440 g/mol. The Morgan fingerprint density at radius 1 is 0.897 bits per heavy atom. The number of fused-ring (bicyclic) bond motifs is 1. The Bertz CT molecular complexity index is 1230. The van der Waals surface area contributed by atoms with E-state index in [1.165, 1.54) is 0 Å². The number of hydrogen-bond acceptors (Lipinski definition) is 5. The first-order chi connectivity index (χ1) is 14.0. The zero-order chi connectivity index (χ0) is 20.4. The van der Waals surface area contributed by atoms with Crippen LogP contribution < -0.4 is 10.1 Å². The van der Waals surface area contributed by atoms with Gasteiger partial charge in [-0.1, -0.05) is 46.9 Å². The number of halogens is 3. The van der Waals surface area contributed by atoms with E-state index in [2.05, 4.69) is 21.4 Å². The molecule has 1 aromatic heterocycles.